The van der Waals surface area contributed by atoms with Crippen LogP contribution in [0.2, 0.25) is 0 Å². The van der Waals surface area contributed by atoms with Gasteiger partial charge < -0.3 is 5.11 Å². The SMILES string of the molecule is Oc1cnc2c(c1)cc(Br)c1ccccc12. The maximum Gasteiger partial charge on any atom is 0.134 e. The molecule has 0 saturated carbocycles. The summed E-state index contributed by atoms with van der Waals surface area (Å²) in [6, 6.07) is 11.8. The van der Waals surface area contributed by atoms with E-state index in [0.29, 0.717) is 0 Å². The van der Waals surface area contributed by atoms with Gasteiger partial charge >= 0.3 is 0 Å². The fourth-order valence-corrected chi connectivity index (χ4v) is 2.51. The predicted molar refractivity (Wildman–Crippen MR) is 68.6 cm³/mol. The van der Waals surface area contributed by atoms with Crippen LogP contribution in [0.15, 0.2) is 47.1 Å². The number of aromatic nitrogens is 1. The summed E-state index contributed by atoms with van der Waals surface area (Å²) in [5.74, 6) is 0.190. The van der Waals surface area contributed by atoms with Gasteiger partial charge in [-0.3, -0.25) is 4.98 Å². The van der Waals surface area contributed by atoms with Crippen LogP contribution in [0.5, 0.6) is 5.75 Å². The van der Waals surface area contributed by atoms with Crippen LogP contribution in [-0.2, 0) is 0 Å². The molecule has 0 aliphatic heterocycles. The van der Waals surface area contributed by atoms with Gasteiger partial charge in [0.05, 0.1) is 11.7 Å². The first-order valence-electron chi connectivity index (χ1n) is 4.92. The molecule has 0 amide bonds. The number of rotatable bonds is 0. The summed E-state index contributed by atoms with van der Waals surface area (Å²) in [4.78, 5) is 4.28. The smallest absolute Gasteiger partial charge is 0.134 e. The molecule has 1 aromatic heterocycles. The zero-order valence-electron chi connectivity index (χ0n) is 8.31. The van der Waals surface area contributed by atoms with Crippen molar-refractivity contribution in [1.29, 1.82) is 0 Å². The molecule has 0 bridgehead atoms. The Morgan fingerprint density at radius 2 is 1.81 bits per heavy atom. The number of hydrogen-bond acceptors (Lipinski definition) is 2. The van der Waals surface area contributed by atoms with Crippen molar-refractivity contribution in [3.63, 3.8) is 0 Å². The van der Waals surface area contributed by atoms with Crippen molar-refractivity contribution < 1.29 is 5.11 Å². The lowest BCUT2D eigenvalue weighted by molar-refractivity contribution is 0.474. The standard InChI is InChI=1S/C13H8BrNO/c14-12-6-8-5-9(16)7-15-13(8)11-4-2-1-3-10(11)12/h1-7,16H. The zero-order valence-corrected chi connectivity index (χ0v) is 9.90. The van der Waals surface area contributed by atoms with Crippen molar-refractivity contribution in [3.05, 3.63) is 47.1 Å². The normalized spacial score (nSPS) is 11.1. The van der Waals surface area contributed by atoms with E-state index in [1.54, 1.807) is 6.07 Å². The molecule has 0 fully saturated rings. The van der Waals surface area contributed by atoms with Crippen LogP contribution in [-0.4, -0.2) is 10.1 Å². The fourth-order valence-electron chi connectivity index (χ4n) is 1.92. The minimum Gasteiger partial charge on any atom is -0.506 e. The van der Waals surface area contributed by atoms with Gasteiger partial charge in [0, 0.05) is 15.2 Å². The molecule has 1 N–H and O–H groups in total. The maximum absolute atomic E-state index is 9.42. The largest absolute Gasteiger partial charge is 0.506 e. The van der Waals surface area contributed by atoms with Crippen molar-refractivity contribution in [1.82, 2.24) is 4.98 Å². The summed E-state index contributed by atoms with van der Waals surface area (Å²) in [6.07, 6.45) is 1.47. The van der Waals surface area contributed by atoms with E-state index in [9.17, 15) is 5.11 Å². The van der Waals surface area contributed by atoms with E-state index in [4.69, 9.17) is 0 Å². The highest BCUT2D eigenvalue weighted by Crippen LogP contribution is 2.31. The Bertz CT molecular complexity index is 694. The molecular formula is C13H8BrNO. The Balaban J connectivity index is 2.59. The van der Waals surface area contributed by atoms with Crippen molar-refractivity contribution in [2.75, 3.05) is 0 Å². The Kier molecular flexibility index (Phi) is 2.07. The van der Waals surface area contributed by atoms with Gasteiger partial charge in [-0.2, -0.15) is 0 Å². The number of halogens is 1. The molecule has 2 nitrogen and oxygen atoms in total. The predicted octanol–water partition coefficient (Wildman–Crippen LogP) is 3.86. The minimum absolute atomic E-state index is 0.190. The van der Waals surface area contributed by atoms with Crippen molar-refractivity contribution in [2.45, 2.75) is 0 Å². The third kappa shape index (κ3) is 1.36. The minimum atomic E-state index is 0.190. The quantitative estimate of drug-likeness (QED) is 0.631. The van der Waals surface area contributed by atoms with Crippen molar-refractivity contribution in [2.24, 2.45) is 0 Å². The molecule has 3 rings (SSSR count). The lowest BCUT2D eigenvalue weighted by Crippen LogP contribution is -1.82. The Labute approximate surface area is 101 Å². The third-order valence-electron chi connectivity index (χ3n) is 2.62. The van der Waals surface area contributed by atoms with E-state index in [-0.39, 0.29) is 5.75 Å². The van der Waals surface area contributed by atoms with Crippen LogP contribution < -0.4 is 0 Å². The summed E-state index contributed by atoms with van der Waals surface area (Å²) < 4.78 is 1.02. The molecule has 0 aliphatic carbocycles. The van der Waals surface area contributed by atoms with Crippen LogP contribution in [0.25, 0.3) is 21.7 Å². The first-order chi connectivity index (χ1) is 7.75. The highest BCUT2D eigenvalue weighted by molar-refractivity contribution is 9.10. The molecule has 2 aromatic carbocycles. The summed E-state index contributed by atoms with van der Waals surface area (Å²) >= 11 is 3.53. The first-order valence-corrected chi connectivity index (χ1v) is 5.71. The van der Waals surface area contributed by atoms with E-state index >= 15 is 0 Å². The van der Waals surface area contributed by atoms with Crippen molar-refractivity contribution >= 4 is 37.6 Å². The second-order valence-electron chi connectivity index (χ2n) is 3.67. The number of fused-ring (bicyclic) bond motifs is 3. The highest BCUT2D eigenvalue weighted by Gasteiger charge is 2.05. The number of aromatic hydroxyl groups is 1. The van der Waals surface area contributed by atoms with Crippen LogP contribution in [0, 0.1) is 0 Å². The lowest BCUT2D eigenvalue weighted by atomic mass is 10.1. The average Bonchev–Trinajstić information content (AvgIpc) is 2.29. The molecule has 78 valence electrons. The zero-order chi connectivity index (χ0) is 11.1. The van der Waals surface area contributed by atoms with Crippen LogP contribution >= 0.6 is 15.9 Å². The summed E-state index contributed by atoms with van der Waals surface area (Å²) in [5.41, 5.74) is 0.914. The maximum atomic E-state index is 9.42. The molecule has 0 radical (unpaired) electrons. The van der Waals surface area contributed by atoms with Gasteiger partial charge in [0.2, 0.25) is 0 Å². The van der Waals surface area contributed by atoms with E-state index < -0.39 is 0 Å². The fraction of sp³-hybridized carbons (Fsp3) is 0. The third-order valence-corrected chi connectivity index (χ3v) is 3.28. The molecule has 0 unspecified atom stereocenters. The molecule has 0 atom stereocenters. The first kappa shape index (κ1) is 9.60. The van der Waals surface area contributed by atoms with Gasteiger partial charge in [0.15, 0.2) is 0 Å². The van der Waals surface area contributed by atoms with E-state index in [1.165, 1.54) is 6.20 Å². The van der Waals surface area contributed by atoms with Crippen LogP contribution in [0.3, 0.4) is 0 Å². The molecule has 1 heterocycles. The molecule has 3 aromatic rings. The lowest BCUT2D eigenvalue weighted by Gasteiger charge is -2.05. The Morgan fingerprint density at radius 1 is 1.06 bits per heavy atom. The summed E-state index contributed by atoms with van der Waals surface area (Å²) in [6.45, 7) is 0. The Hall–Kier alpha value is -1.61. The molecule has 0 spiro atoms. The second kappa shape index (κ2) is 3.46. The van der Waals surface area contributed by atoms with Gasteiger partial charge in [-0.15, -0.1) is 0 Å². The van der Waals surface area contributed by atoms with Gasteiger partial charge in [-0.1, -0.05) is 40.2 Å². The van der Waals surface area contributed by atoms with Gasteiger partial charge in [-0.25, -0.2) is 0 Å². The molecule has 16 heavy (non-hydrogen) atoms. The Morgan fingerprint density at radius 3 is 2.62 bits per heavy atom. The van der Waals surface area contributed by atoms with Gasteiger partial charge in [0.1, 0.15) is 5.75 Å². The molecular weight excluding hydrogens is 266 g/mol. The summed E-state index contributed by atoms with van der Waals surface area (Å²) in [5, 5.41) is 12.6. The second-order valence-corrected chi connectivity index (χ2v) is 4.52. The molecule has 0 aliphatic rings. The van der Waals surface area contributed by atoms with Gasteiger partial charge in [0.25, 0.3) is 0 Å². The molecule has 0 saturated heterocycles. The van der Waals surface area contributed by atoms with Crippen LogP contribution in [0.4, 0.5) is 0 Å². The number of benzene rings is 2. The van der Waals surface area contributed by atoms with E-state index in [2.05, 4.69) is 20.9 Å². The monoisotopic (exact) mass is 273 g/mol. The summed E-state index contributed by atoms with van der Waals surface area (Å²) in [7, 11) is 0. The number of hydrogen-bond donors (Lipinski definition) is 1. The van der Waals surface area contributed by atoms with E-state index in [1.807, 2.05) is 30.3 Å². The van der Waals surface area contributed by atoms with Crippen molar-refractivity contribution in [3.8, 4) is 5.75 Å². The molecule has 3 heteroatoms. The number of nitrogens with zero attached hydrogens (tertiary/aromatic N) is 1. The average molecular weight is 274 g/mol. The van der Waals surface area contributed by atoms with Crippen LogP contribution in [0.1, 0.15) is 0 Å². The topological polar surface area (TPSA) is 33.1 Å². The van der Waals surface area contributed by atoms with Gasteiger partial charge in [-0.05, 0) is 17.5 Å². The van der Waals surface area contributed by atoms with E-state index in [0.717, 1.165) is 26.1 Å². The highest BCUT2D eigenvalue weighted by atomic mass is 79.9. The number of pyridine rings is 1.